The van der Waals surface area contributed by atoms with Crippen molar-refractivity contribution in [2.45, 2.75) is 19.4 Å². The summed E-state index contributed by atoms with van der Waals surface area (Å²) in [4.78, 5) is 41.1. The number of nitrogens with one attached hydrogen (secondary N) is 1. The molecule has 0 saturated heterocycles. The Bertz CT molecular complexity index is 712. The van der Waals surface area contributed by atoms with Crippen LogP contribution in [0.4, 0.5) is 0 Å². The molecule has 2 rings (SSSR count). The Balaban J connectivity index is 2.42. The smallest absolute Gasteiger partial charge is 0.220 e. The highest BCUT2D eigenvalue weighted by atomic mass is 32.2. The number of rotatable bonds is 5. The van der Waals surface area contributed by atoms with Gasteiger partial charge in [0, 0.05) is 40.4 Å². The van der Waals surface area contributed by atoms with Gasteiger partial charge in [-0.2, -0.15) is 0 Å². The minimum Gasteiger partial charge on any atom is -0.340 e. The molecule has 2 unspecified atom stereocenters. The molecule has 1 amide bonds. The lowest BCUT2D eigenvalue weighted by Gasteiger charge is -2.25. The van der Waals surface area contributed by atoms with Crippen LogP contribution < -0.4 is 5.32 Å². The second-order valence-electron chi connectivity index (χ2n) is 5.14. The van der Waals surface area contributed by atoms with Crippen LogP contribution >= 0.6 is 0 Å². The summed E-state index contributed by atoms with van der Waals surface area (Å²) < 4.78 is 11.2. The molecule has 122 valence electrons. The maximum atomic E-state index is 12.6. The first-order valence-corrected chi connectivity index (χ1v) is 9.00. The summed E-state index contributed by atoms with van der Waals surface area (Å²) in [6.07, 6.45) is 1.74. The van der Waals surface area contributed by atoms with E-state index in [1.165, 1.54) is 0 Å². The fourth-order valence-corrected chi connectivity index (χ4v) is 2.65. The van der Waals surface area contributed by atoms with Gasteiger partial charge in [0.15, 0.2) is 5.78 Å². The van der Waals surface area contributed by atoms with Crippen molar-refractivity contribution in [3.63, 3.8) is 0 Å². The molecule has 2 atom stereocenters. The highest BCUT2D eigenvalue weighted by Gasteiger charge is 2.38. The fraction of sp³-hybridized carbons (Fsp3) is 0.375. The van der Waals surface area contributed by atoms with Crippen LogP contribution in [0.3, 0.4) is 0 Å². The number of nitrogens with zero attached hydrogens (tertiary/aromatic N) is 1. The van der Waals surface area contributed by atoms with E-state index in [0.717, 1.165) is 0 Å². The van der Waals surface area contributed by atoms with E-state index in [2.05, 4.69) is 10.3 Å². The first kappa shape index (κ1) is 17.2. The van der Waals surface area contributed by atoms with E-state index in [9.17, 15) is 18.6 Å². The van der Waals surface area contributed by atoms with Crippen molar-refractivity contribution in [2.75, 3.05) is 18.6 Å². The molecule has 0 bridgehead atoms. The summed E-state index contributed by atoms with van der Waals surface area (Å²) in [7, 11) is -1.05. The van der Waals surface area contributed by atoms with Crippen LogP contribution in [0, 0.1) is 0 Å². The highest BCUT2D eigenvalue weighted by molar-refractivity contribution is 7.84. The molecule has 23 heavy (non-hydrogen) atoms. The van der Waals surface area contributed by atoms with Crippen LogP contribution in [-0.2, 0) is 15.6 Å². The number of hydrogen-bond acceptors (Lipinski definition) is 5. The highest BCUT2D eigenvalue weighted by Crippen LogP contribution is 2.20. The summed E-state index contributed by atoms with van der Waals surface area (Å²) in [5.41, 5.74) is 0.591. The first-order chi connectivity index (χ1) is 11.0. The molecule has 0 aliphatic heterocycles. The van der Waals surface area contributed by atoms with Gasteiger partial charge in [-0.1, -0.05) is 31.2 Å². The summed E-state index contributed by atoms with van der Waals surface area (Å²) in [6.45, 7) is 1.83. The summed E-state index contributed by atoms with van der Waals surface area (Å²) in [5, 5.41) is 2.56. The number of hydrogen-bond donors (Lipinski definition) is 1. The van der Waals surface area contributed by atoms with Crippen LogP contribution in [0.2, 0.25) is 0 Å². The lowest BCUT2D eigenvalue weighted by molar-refractivity contribution is -0.120. The molecule has 0 radical (unpaired) electrons. The Morgan fingerprint density at radius 2 is 1.91 bits per heavy atom. The Morgan fingerprint density at radius 3 is 2.52 bits per heavy atom. The second kappa shape index (κ2) is 7.41. The molecular formula is C16H18N2O4S. The van der Waals surface area contributed by atoms with Gasteiger partial charge in [-0.25, -0.2) is 0 Å². The molecule has 1 aliphatic rings. The molecule has 0 spiro atoms. The Hall–Kier alpha value is -2.15. The van der Waals surface area contributed by atoms with Crippen LogP contribution in [0.1, 0.15) is 34.1 Å². The average molecular weight is 334 g/mol. The van der Waals surface area contributed by atoms with E-state index < -0.39 is 16.8 Å². The third kappa shape index (κ3) is 3.79. The lowest BCUT2D eigenvalue weighted by Crippen LogP contribution is -2.52. The number of aliphatic imine (C=N–C) groups is 1. The van der Waals surface area contributed by atoms with E-state index in [0.29, 0.717) is 5.75 Å². The summed E-state index contributed by atoms with van der Waals surface area (Å²) in [5.74, 6) is -0.759. The van der Waals surface area contributed by atoms with Gasteiger partial charge in [-0.3, -0.25) is 23.6 Å². The molecular weight excluding hydrogens is 316 g/mol. The molecule has 0 aromatic heterocycles. The van der Waals surface area contributed by atoms with Gasteiger partial charge in [0.25, 0.3) is 0 Å². The zero-order valence-corrected chi connectivity index (χ0v) is 13.8. The minimum atomic E-state index is -1.07. The van der Waals surface area contributed by atoms with Crippen molar-refractivity contribution in [3.8, 4) is 0 Å². The zero-order valence-electron chi connectivity index (χ0n) is 13.0. The van der Waals surface area contributed by atoms with Crippen molar-refractivity contribution in [1.82, 2.24) is 5.32 Å². The van der Waals surface area contributed by atoms with Crippen molar-refractivity contribution in [1.29, 1.82) is 0 Å². The van der Waals surface area contributed by atoms with Gasteiger partial charge in [0.05, 0.1) is 6.54 Å². The monoisotopic (exact) mass is 334 g/mol. The number of amides is 1. The quantitative estimate of drug-likeness (QED) is 0.861. The van der Waals surface area contributed by atoms with E-state index in [1.54, 1.807) is 37.4 Å². The lowest BCUT2D eigenvalue weighted by atomic mass is 9.84. The number of carbonyl (C=O) groups excluding carboxylic acids is 3. The van der Waals surface area contributed by atoms with Gasteiger partial charge < -0.3 is 5.32 Å². The van der Waals surface area contributed by atoms with Crippen LogP contribution in [-0.4, -0.2) is 52.0 Å². The molecule has 6 nitrogen and oxygen atoms in total. The maximum Gasteiger partial charge on any atom is 0.220 e. The third-order valence-electron chi connectivity index (χ3n) is 3.49. The van der Waals surface area contributed by atoms with Crippen molar-refractivity contribution >= 4 is 34.0 Å². The topological polar surface area (TPSA) is 92.7 Å². The largest absolute Gasteiger partial charge is 0.340 e. The number of Topliss-reactive ketones (excluding diaryl/α,β-unsaturated/α-hetero) is 2. The number of benzene rings is 1. The van der Waals surface area contributed by atoms with E-state index >= 15 is 0 Å². The maximum absolute atomic E-state index is 12.6. The van der Waals surface area contributed by atoms with Gasteiger partial charge >= 0.3 is 0 Å². The van der Waals surface area contributed by atoms with Crippen molar-refractivity contribution in [3.05, 3.63) is 35.4 Å². The number of fused-ring (bicyclic) bond motifs is 1. The number of carbonyl (C=O) groups is 3. The number of ketones is 2. The normalized spacial score (nSPS) is 20.3. The molecule has 1 aliphatic carbocycles. The van der Waals surface area contributed by atoms with Gasteiger partial charge in [0.1, 0.15) is 11.8 Å². The molecule has 1 N–H and O–H groups in total. The molecule has 0 fully saturated rings. The molecule has 0 heterocycles. The van der Waals surface area contributed by atoms with Gasteiger partial charge in [0.2, 0.25) is 11.7 Å². The zero-order chi connectivity index (χ0) is 17.0. The minimum absolute atomic E-state index is 0.0148. The first-order valence-electron chi connectivity index (χ1n) is 7.27. The predicted molar refractivity (Wildman–Crippen MR) is 88.6 cm³/mol. The second-order valence-corrected chi connectivity index (χ2v) is 6.69. The molecule has 1 aromatic rings. The van der Waals surface area contributed by atoms with Crippen molar-refractivity contribution < 1.29 is 18.6 Å². The molecule has 1 aromatic carbocycles. The van der Waals surface area contributed by atoms with Crippen LogP contribution in [0.5, 0.6) is 0 Å². The summed E-state index contributed by atoms with van der Waals surface area (Å²) >= 11 is 0. The fourth-order valence-electron chi connectivity index (χ4n) is 2.30. The average Bonchev–Trinajstić information content (AvgIpc) is 2.54. The van der Waals surface area contributed by atoms with Gasteiger partial charge in [-0.05, 0) is 0 Å². The van der Waals surface area contributed by atoms with Crippen LogP contribution in [0.25, 0.3) is 0 Å². The van der Waals surface area contributed by atoms with Crippen LogP contribution in [0.15, 0.2) is 29.3 Å². The molecule has 7 heteroatoms. The van der Waals surface area contributed by atoms with E-state index in [4.69, 9.17) is 0 Å². The van der Waals surface area contributed by atoms with Crippen molar-refractivity contribution in [2.24, 2.45) is 4.99 Å². The van der Waals surface area contributed by atoms with Gasteiger partial charge in [-0.15, -0.1) is 0 Å². The SMILES string of the molecule is CCC(=O)NC1C(=O)c2ccccc2C(=O)C1=NCCS(C)=O. The Kier molecular flexibility index (Phi) is 5.54. The molecule has 0 saturated carbocycles. The third-order valence-corrected chi connectivity index (χ3v) is 4.25. The Morgan fingerprint density at radius 1 is 1.26 bits per heavy atom. The van der Waals surface area contributed by atoms with E-state index in [1.807, 2.05) is 0 Å². The standard InChI is InChI=1S/C16H18N2O4S/c1-3-12(19)18-14-13(17-8-9-23(2)22)15(20)10-6-4-5-7-11(10)16(14)21/h4-7,14H,3,8-9H2,1-2H3,(H,18,19). The Labute approximate surface area is 136 Å². The predicted octanol–water partition coefficient (Wildman–Crippen LogP) is 0.780. The summed E-state index contributed by atoms with van der Waals surface area (Å²) in [6, 6.07) is 5.41. The van der Waals surface area contributed by atoms with E-state index in [-0.39, 0.29) is 47.3 Å².